The van der Waals surface area contributed by atoms with Crippen LogP contribution in [-0.2, 0) is 0 Å². The maximum absolute atomic E-state index is 9.94. The number of fused-ring (bicyclic) bond motifs is 8. The molecule has 0 atom stereocenters. The maximum atomic E-state index is 9.94. The molecule has 286 valence electrons. The molecule has 2 aromatic heterocycles. The van der Waals surface area contributed by atoms with Gasteiger partial charge in [0.2, 0.25) is 0 Å². The third kappa shape index (κ3) is 5.82. The fraction of sp³-hybridized carbons (Fsp3) is 0. The van der Waals surface area contributed by atoms with Crippen LogP contribution in [0.3, 0.4) is 0 Å². The fourth-order valence-electron chi connectivity index (χ4n) is 8.73. The van der Waals surface area contributed by atoms with Crippen LogP contribution in [0.25, 0.3) is 93.6 Å². The maximum Gasteiger partial charge on any atom is 0.143 e. The van der Waals surface area contributed by atoms with Gasteiger partial charge < -0.3 is 13.9 Å². The van der Waals surface area contributed by atoms with E-state index >= 15 is 0 Å². The number of aromatic nitrogens is 1. The molecule has 0 radical (unpaired) electrons. The number of para-hydroxylation sites is 2. The van der Waals surface area contributed by atoms with Crippen molar-refractivity contribution in [2.45, 2.75) is 0 Å². The molecule has 0 aliphatic rings. The first-order valence-electron chi connectivity index (χ1n) is 24.2. The minimum atomic E-state index is -0.428. The van der Waals surface area contributed by atoms with Gasteiger partial charge in [0.05, 0.1) is 33.1 Å². The lowest BCUT2D eigenvalue weighted by atomic mass is 9.98. The van der Waals surface area contributed by atoms with Crippen LogP contribution in [-0.4, -0.2) is 4.57 Å². The summed E-state index contributed by atoms with van der Waals surface area (Å²) in [7, 11) is 0. The number of anilines is 3. The summed E-state index contributed by atoms with van der Waals surface area (Å²) in [5.41, 5.74) is 6.60. The summed E-state index contributed by atoms with van der Waals surface area (Å²) >= 11 is 0. The Hall–Kier alpha value is -8.14. The summed E-state index contributed by atoms with van der Waals surface area (Å²) < 4.78 is 86.9. The van der Waals surface area contributed by atoms with Crippen LogP contribution in [0.1, 0.15) is 11.0 Å². The second-order valence-electron chi connectivity index (χ2n) is 15.0. The topological polar surface area (TPSA) is 21.3 Å². The van der Waals surface area contributed by atoms with Crippen molar-refractivity contribution in [2.75, 3.05) is 4.90 Å². The zero-order valence-corrected chi connectivity index (χ0v) is 32.6. The van der Waals surface area contributed by atoms with E-state index in [0.717, 1.165) is 49.4 Å². The van der Waals surface area contributed by atoms with Gasteiger partial charge in [0.25, 0.3) is 0 Å². The molecule has 2 heterocycles. The zero-order chi connectivity index (χ0) is 47.2. The minimum absolute atomic E-state index is 0.0857. The molecule has 12 rings (SSSR count). The van der Waals surface area contributed by atoms with Gasteiger partial charge in [-0.05, 0) is 105 Å². The Morgan fingerprint density at radius 2 is 0.984 bits per heavy atom. The van der Waals surface area contributed by atoms with E-state index in [0.29, 0.717) is 38.8 Å². The van der Waals surface area contributed by atoms with Gasteiger partial charge in [-0.15, -0.1) is 0 Å². The molecule has 0 spiro atoms. The van der Waals surface area contributed by atoms with Crippen LogP contribution >= 0.6 is 0 Å². The number of hydrogen-bond acceptors (Lipinski definition) is 2. The Labute approximate surface area is 364 Å². The molecule has 0 amide bonds. The number of furan rings is 1. The lowest BCUT2D eigenvalue weighted by Gasteiger charge is -2.26. The van der Waals surface area contributed by atoms with Gasteiger partial charge in [-0.2, -0.15) is 0 Å². The van der Waals surface area contributed by atoms with E-state index in [-0.39, 0.29) is 46.7 Å². The van der Waals surface area contributed by atoms with Crippen LogP contribution < -0.4 is 4.90 Å². The fourth-order valence-corrected chi connectivity index (χ4v) is 8.73. The van der Waals surface area contributed by atoms with E-state index in [4.69, 9.17) is 4.42 Å². The van der Waals surface area contributed by atoms with Crippen LogP contribution in [0, 0.1) is 0 Å². The summed E-state index contributed by atoms with van der Waals surface area (Å²) in [6, 6.07) is 54.6. The lowest BCUT2D eigenvalue weighted by molar-refractivity contribution is 0.672. The first kappa shape index (κ1) is 27.5. The Morgan fingerprint density at radius 1 is 0.393 bits per heavy atom. The van der Waals surface area contributed by atoms with Gasteiger partial charge in [-0.3, -0.25) is 0 Å². The highest BCUT2D eigenvalue weighted by Gasteiger charge is 2.22. The molecule has 0 bridgehead atoms. The average Bonchev–Trinajstić information content (AvgIpc) is 3.95. The lowest BCUT2D eigenvalue weighted by Crippen LogP contribution is -2.10. The Bertz CT molecular complexity index is 4000. The van der Waals surface area contributed by atoms with E-state index in [1.54, 1.807) is 30.3 Å². The van der Waals surface area contributed by atoms with Crippen molar-refractivity contribution < 1.29 is 15.4 Å². The van der Waals surface area contributed by atoms with Crippen LogP contribution in [0.2, 0.25) is 0 Å². The molecule has 10 aromatic carbocycles. The molecule has 0 fully saturated rings. The zero-order valence-electron chi connectivity index (χ0n) is 40.6. The normalized spacial score (nSPS) is 13.4. The van der Waals surface area contributed by atoms with Crippen LogP contribution in [0.4, 0.5) is 17.1 Å². The van der Waals surface area contributed by atoms with Crippen molar-refractivity contribution in [2.24, 2.45) is 0 Å². The molecular weight excluding hydrogens is 741 g/mol. The van der Waals surface area contributed by atoms with Crippen molar-refractivity contribution in [3.05, 3.63) is 230 Å². The number of rotatable bonds is 7. The standard InChI is InChI=1S/C58H38N2O/c1-3-13-39(14-4-1)40-25-27-41(28-26-40)42-29-34-46(35-30-42)59(54-23-12-24-55-57(54)51-38-33-43-15-7-8-18-49(43)58(51)61-55)47-36-31-44(32-37-47)48-20-11-22-53-56(48)50-19-9-10-21-52(50)60(53)45-16-5-2-6-17-45/h1-38H/i29D,30D,31D,32D,34D,35D,36D,37D. The SMILES string of the molecule is [2H]c1c([2H])c(N(c2c([2H])c([2H])c(-c3cccc4c3c3ccccc3n4-c3ccccc3)c([2H])c2[2H])c2cccc3oc4c5ccccc5ccc4c23)c([2H])c([2H])c1-c1ccc(-c2ccccc2)cc1. The molecule has 0 saturated carbocycles. The van der Waals surface area contributed by atoms with Crippen molar-refractivity contribution in [1.29, 1.82) is 0 Å². The third-order valence-corrected chi connectivity index (χ3v) is 11.5. The Kier molecular flexibility index (Phi) is 6.45. The molecule has 3 heteroatoms. The molecule has 0 unspecified atom stereocenters. The predicted octanol–water partition coefficient (Wildman–Crippen LogP) is 16.3. The number of benzene rings is 10. The molecule has 0 aliphatic heterocycles. The summed E-state index contributed by atoms with van der Waals surface area (Å²) in [6.07, 6.45) is 0. The van der Waals surface area contributed by atoms with E-state index in [1.165, 1.54) is 4.90 Å². The number of hydrogen-bond donors (Lipinski definition) is 0. The number of nitrogens with zero attached hydrogens (tertiary/aromatic N) is 2. The van der Waals surface area contributed by atoms with Gasteiger partial charge in [0.1, 0.15) is 11.2 Å². The molecule has 12 aromatic rings. The summed E-state index contributed by atoms with van der Waals surface area (Å²) in [5.74, 6) is 0. The summed E-state index contributed by atoms with van der Waals surface area (Å²) in [4.78, 5) is 1.38. The van der Waals surface area contributed by atoms with Crippen LogP contribution in [0.15, 0.2) is 235 Å². The highest BCUT2D eigenvalue weighted by molar-refractivity contribution is 6.20. The molecule has 61 heavy (non-hydrogen) atoms. The van der Waals surface area contributed by atoms with Gasteiger partial charge in [0, 0.05) is 38.6 Å². The van der Waals surface area contributed by atoms with Crippen molar-refractivity contribution in [1.82, 2.24) is 4.57 Å². The van der Waals surface area contributed by atoms with E-state index in [1.807, 2.05) is 152 Å². The predicted molar refractivity (Wildman–Crippen MR) is 257 cm³/mol. The largest absolute Gasteiger partial charge is 0.455 e. The third-order valence-electron chi connectivity index (χ3n) is 11.5. The summed E-state index contributed by atoms with van der Waals surface area (Å²) in [6.45, 7) is 0. The van der Waals surface area contributed by atoms with E-state index in [2.05, 4.69) is 4.57 Å². The van der Waals surface area contributed by atoms with Gasteiger partial charge in [-0.25, -0.2) is 0 Å². The van der Waals surface area contributed by atoms with Gasteiger partial charge >= 0.3 is 0 Å². The highest BCUT2D eigenvalue weighted by Crippen LogP contribution is 2.46. The first-order chi connectivity index (χ1) is 33.6. The molecule has 0 aliphatic carbocycles. The summed E-state index contributed by atoms with van der Waals surface area (Å²) in [5, 5.41) is 4.66. The minimum Gasteiger partial charge on any atom is -0.455 e. The van der Waals surface area contributed by atoms with Crippen LogP contribution in [0.5, 0.6) is 0 Å². The van der Waals surface area contributed by atoms with Gasteiger partial charge in [0.15, 0.2) is 0 Å². The second kappa shape index (κ2) is 14.3. The van der Waals surface area contributed by atoms with Gasteiger partial charge in [-0.1, -0.05) is 164 Å². The van der Waals surface area contributed by atoms with Crippen molar-refractivity contribution in [3.63, 3.8) is 0 Å². The Balaban J connectivity index is 1.13. The smallest absolute Gasteiger partial charge is 0.143 e. The van der Waals surface area contributed by atoms with Crippen molar-refractivity contribution >= 4 is 71.6 Å². The molecular formula is C58H38N2O. The Morgan fingerprint density at radius 3 is 1.74 bits per heavy atom. The highest BCUT2D eigenvalue weighted by atomic mass is 16.3. The molecule has 0 saturated heterocycles. The molecule has 0 N–H and O–H groups in total. The van der Waals surface area contributed by atoms with Crippen molar-refractivity contribution in [3.8, 4) is 39.1 Å². The molecule has 3 nitrogen and oxygen atoms in total. The average molecular weight is 787 g/mol. The monoisotopic (exact) mass is 786 g/mol. The van der Waals surface area contributed by atoms with E-state index in [9.17, 15) is 11.0 Å². The second-order valence-corrected chi connectivity index (χ2v) is 15.0. The van der Waals surface area contributed by atoms with E-state index < -0.39 is 24.2 Å². The quantitative estimate of drug-likeness (QED) is 0.160. The first-order valence-corrected chi connectivity index (χ1v) is 20.2.